The number of carbonyl (C=O) groups excluding carboxylic acids is 2. The second-order valence-electron chi connectivity index (χ2n) is 12.1. The van der Waals surface area contributed by atoms with Gasteiger partial charge in [-0.3, -0.25) is 9.59 Å². The van der Waals surface area contributed by atoms with Gasteiger partial charge in [0, 0.05) is 18.7 Å². The number of Topliss-reactive ketones (excluding diaryl/α,β-unsaturated/α-hetero) is 1. The minimum atomic E-state index is -0.892. The van der Waals surface area contributed by atoms with Crippen LogP contribution in [0.25, 0.3) is 5.76 Å². The fourth-order valence-electron chi connectivity index (χ4n) is 5.14. The average Bonchev–Trinajstić information content (AvgIpc) is 3.40. The number of likely N-dealkylation sites (tertiary alicyclic amines) is 1. The molecule has 2 aliphatic heterocycles. The van der Waals surface area contributed by atoms with Crippen molar-refractivity contribution in [3.8, 4) is 5.75 Å². The molecular formula is C30H36FNO5. The number of hydrogen-bond acceptors (Lipinski definition) is 5. The topological polar surface area (TPSA) is 87.1 Å². The van der Waals surface area contributed by atoms with Gasteiger partial charge in [0.15, 0.2) is 0 Å². The van der Waals surface area contributed by atoms with Gasteiger partial charge in [0.2, 0.25) is 0 Å². The molecule has 37 heavy (non-hydrogen) atoms. The zero-order valence-corrected chi connectivity index (χ0v) is 22.4. The molecule has 198 valence electrons. The molecule has 6 nitrogen and oxygen atoms in total. The fraction of sp³-hybridized carbons (Fsp3) is 0.467. The minimum Gasteiger partial charge on any atom is -0.507 e. The quantitative estimate of drug-likeness (QED) is 0.312. The number of ether oxygens (including phenoxy) is 1. The molecule has 0 bridgehead atoms. The van der Waals surface area contributed by atoms with Crippen molar-refractivity contribution in [1.29, 1.82) is 0 Å². The van der Waals surface area contributed by atoms with Crippen LogP contribution in [0.2, 0.25) is 0 Å². The standard InChI is InChI=1S/C30H36FNO5/c1-29(2,3)21-14-18(15-22(26(21)34)30(4,5)6)24-23(25(33)17-9-11-19(31)12-10-17)27(35)28(36)32(24)16-20-8-7-13-37-20/h9-12,14-15,20,24,33-34H,7-8,13,16H2,1-6H3/b25-23+. The summed E-state index contributed by atoms with van der Waals surface area (Å²) in [5, 5.41) is 22.5. The fourth-order valence-corrected chi connectivity index (χ4v) is 5.14. The van der Waals surface area contributed by atoms with Gasteiger partial charge in [-0.2, -0.15) is 0 Å². The van der Waals surface area contributed by atoms with E-state index in [0.29, 0.717) is 23.3 Å². The lowest BCUT2D eigenvalue weighted by Gasteiger charge is -2.32. The van der Waals surface area contributed by atoms with Gasteiger partial charge >= 0.3 is 0 Å². The third kappa shape index (κ3) is 5.14. The number of aromatic hydroxyl groups is 1. The predicted octanol–water partition coefficient (Wildman–Crippen LogP) is 5.73. The monoisotopic (exact) mass is 509 g/mol. The van der Waals surface area contributed by atoms with Crippen LogP contribution in [-0.4, -0.2) is 46.1 Å². The van der Waals surface area contributed by atoms with Crippen molar-refractivity contribution < 1.29 is 28.9 Å². The van der Waals surface area contributed by atoms with Gasteiger partial charge in [0.1, 0.15) is 17.3 Å². The van der Waals surface area contributed by atoms with Gasteiger partial charge in [-0.25, -0.2) is 4.39 Å². The van der Waals surface area contributed by atoms with Crippen molar-refractivity contribution >= 4 is 17.4 Å². The summed E-state index contributed by atoms with van der Waals surface area (Å²) in [6.07, 6.45) is 1.42. The summed E-state index contributed by atoms with van der Waals surface area (Å²) in [5.74, 6) is -2.17. The van der Waals surface area contributed by atoms with Crippen molar-refractivity contribution in [3.63, 3.8) is 0 Å². The van der Waals surface area contributed by atoms with Crippen LogP contribution in [0.3, 0.4) is 0 Å². The Kier molecular flexibility index (Phi) is 6.97. The number of phenolic OH excluding ortho intramolecular Hbond substituents is 1. The van der Waals surface area contributed by atoms with Crippen molar-refractivity contribution in [1.82, 2.24) is 4.90 Å². The van der Waals surface area contributed by atoms with E-state index >= 15 is 0 Å². The Bertz CT molecular complexity index is 1210. The number of benzene rings is 2. The highest BCUT2D eigenvalue weighted by Gasteiger charge is 2.47. The number of ketones is 1. The Hall–Kier alpha value is -3.19. The van der Waals surface area contributed by atoms with Gasteiger partial charge < -0.3 is 19.8 Å². The van der Waals surface area contributed by atoms with Crippen LogP contribution in [0.1, 0.15) is 82.7 Å². The molecule has 2 aromatic rings. The summed E-state index contributed by atoms with van der Waals surface area (Å²) < 4.78 is 19.4. The third-order valence-electron chi connectivity index (χ3n) is 7.15. The van der Waals surface area contributed by atoms with Crippen molar-refractivity contribution in [3.05, 3.63) is 70.0 Å². The Morgan fingerprint density at radius 3 is 2.08 bits per heavy atom. The van der Waals surface area contributed by atoms with Crippen LogP contribution >= 0.6 is 0 Å². The van der Waals surface area contributed by atoms with E-state index in [9.17, 15) is 24.2 Å². The molecule has 0 aromatic heterocycles. The van der Waals surface area contributed by atoms with Crippen LogP contribution in [-0.2, 0) is 25.2 Å². The van der Waals surface area contributed by atoms with E-state index in [1.165, 1.54) is 29.2 Å². The first-order valence-corrected chi connectivity index (χ1v) is 12.7. The van der Waals surface area contributed by atoms with E-state index in [-0.39, 0.29) is 35.3 Å². The maximum absolute atomic E-state index is 13.6. The molecule has 2 aliphatic rings. The molecule has 4 rings (SSSR count). The second kappa shape index (κ2) is 9.60. The molecule has 0 spiro atoms. The molecule has 2 unspecified atom stereocenters. The van der Waals surface area contributed by atoms with E-state index < -0.39 is 34.4 Å². The number of amides is 1. The van der Waals surface area contributed by atoms with Crippen molar-refractivity contribution in [2.45, 2.75) is 77.4 Å². The molecular weight excluding hydrogens is 473 g/mol. The number of rotatable bonds is 4. The Labute approximate surface area is 217 Å². The molecule has 1 amide bonds. The summed E-state index contributed by atoms with van der Waals surface area (Å²) in [5.41, 5.74) is 1.30. The van der Waals surface area contributed by atoms with Crippen LogP contribution in [0.15, 0.2) is 42.0 Å². The van der Waals surface area contributed by atoms with Crippen LogP contribution in [0.4, 0.5) is 4.39 Å². The molecule has 2 fully saturated rings. The average molecular weight is 510 g/mol. The zero-order valence-electron chi connectivity index (χ0n) is 22.4. The number of hydrogen-bond donors (Lipinski definition) is 2. The molecule has 2 heterocycles. The first-order chi connectivity index (χ1) is 17.2. The summed E-state index contributed by atoms with van der Waals surface area (Å²) in [6, 6.07) is 7.91. The molecule has 7 heteroatoms. The van der Waals surface area contributed by atoms with E-state index in [0.717, 1.165) is 12.8 Å². The maximum atomic E-state index is 13.6. The third-order valence-corrected chi connectivity index (χ3v) is 7.15. The molecule has 0 aliphatic carbocycles. The summed E-state index contributed by atoms with van der Waals surface area (Å²) in [6.45, 7) is 12.7. The van der Waals surface area contributed by atoms with Crippen molar-refractivity contribution in [2.75, 3.05) is 13.2 Å². The lowest BCUT2D eigenvalue weighted by atomic mass is 9.77. The first-order valence-electron chi connectivity index (χ1n) is 12.7. The van der Waals surface area contributed by atoms with Gasteiger partial charge in [-0.05, 0) is 76.8 Å². The van der Waals surface area contributed by atoms with Crippen molar-refractivity contribution in [2.24, 2.45) is 0 Å². The lowest BCUT2D eigenvalue weighted by molar-refractivity contribution is -0.140. The summed E-state index contributed by atoms with van der Waals surface area (Å²) in [7, 11) is 0. The number of phenols is 1. The first kappa shape index (κ1) is 26.9. The largest absolute Gasteiger partial charge is 0.507 e. The van der Waals surface area contributed by atoms with Gasteiger partial charge in [0.05, 0.1) is 17.7 Å². The van der Waals surface area contributed by atoms with Crippen LogP contribution < -0.4 is 0 Å². The minimum absolute atomic E-state index is 0.0555. The Morgan fingerprint density at radius 2 is 1.59 bits per heavy atom. The van der Waals surface area contributed by atoms with Crippen LogP contribution in [0, 0.1) is 5.82 Å². The predicted molar refractivity (Wildman–Crippen MR) is 140 cm³/mol. The zero-order chi connectivity index (χ0) is 27.3. The highest BCUT2D eigenvalue weighted by molar-refractivity contribution is 6.46. The summed E-state index contributed by atoms with van der Waals surface area (Å²) >= 11 is 0. The second-order valence-corrected chi connectivity index (χ2v) is 12.1. The van der Waals surface area contributed by atoms with Gasteiger partial charge in [-0.1, -0.05) is 41.5 Å². The molecule has 2 aromatic carbocycles. The Balaban J connectivity index is 1.98. The number of aliphatic hydroxyl groups excluding tert-OH is 1. The smallest absolute Gasteiger partial charge is 0.295 e. The van der Waals surface area contributed by atoms with E-state index in [4.69, 9.17) is 4.74 Å². The molecule has 0 saturated carbocycles. The number of halogens is 1. The number of nitrogens with zero attached hydrogens (tertiary/aromatic N) is 1. The van der Waals surface area contributed by atoms with E-state index in [1.54, 1.807) is 0 Å². The highest BCUT2D eigenvalue weighted by atomic mass is 19.1. The Morgan fingerprint density at radius 1 is 1.03 bits per heavy atom. The van der Waals surface area contributed by atoms with Gasteiger partial charge in [0.25, 0.3) is 11.7 Å². The lowest BCUT2D eigenvalue weighted by Crippen LogP contribution is -2.36. The highest BCUT2D eigenvalue weighted by Crippen LogP contribution is 2.46. The molecule has 2 saturated heterocycles. The molecule has 2 atom stereocenters. The molecule has 2 N–H and O–H groups in total. The number of aliphatic hydroxyl groups is 1. The maximum Gasteiger partial charge on any atom is 0.295 e. The van der Waals surface area contributed by atoms with E-state index in [1.807, 2.05) is 53.7 Å². The van der Waals surface area contributed by atoms with E-state index in [2.05, 4.69) is 0 Å². The molecule has 0 radical (unpaired) electrons. The normalized spacial score (nSPS) is 22.2. The van der Waals surface area contributed by atoms with Gasteiger partial charge in [-0.15, -0.1) is 0 Å². The van der Waals surface area contributed by atoms with Crippen LogP contribution in [0.5, 0.6) is 5.75 Å². The number of carbonyl (C=O) groups is 2. The SMILES string of the molecule is CC(C)(C)c1cc(C2/C(=C(\O)c3ccc(F)cc3)C(=O)C(=O)N2CC2CCCO2)cc(C(C)(C)C)c1O. The summed E-state index contributed by atoms with van der Waals surface area (Å²) in [4.78, 5) is 28.3.